The van der Waals surface area contributed by atoms with Crippen molar-refractivity contribution in [3.8, 4) is 0 Å². The van der Waals surface area contributed by atoms with Crippen molar-refractivity contribution >= 4 is 21.9 Å². The highest BCUT2D eigenvalue weighted by Crippen LogP contribution is 2.21. The van der Waals surface area contributed by atoms with Gasteiger partial charge in [0.05, 0.1) is 7.11 Å². The highest BCUT2D eigenvalue weighted by atomic mass is 79.9. The lowest BCUT2D eigenvalue weighted by atomic mass is 10.2. The smallest absolute Gasteiger partial charge is 0.320 e. The van der Waals surface area contributed by atoms with Gasteiger partial charge < -0.3 is 15.0 Å². The van der Waals surface area contributed by atoms with E-state index in [4.69, 9.17) is 0 Å². The summed E-state index contributed by atoms with van der Waals surface area (Å²) in [6.07, 6.45) is 5.40. The maximum absolute atomic E-state index is 11.1. The molecule has 0 aliphatic heterocycles. The van der Waals surface area contributed by atoms with Crippen LogP contribution < -0.4 is 5.32 Å². The van der Waals surface area contributed by atoms with Crippen LogP contribution in [0, 0.1) is 0 Å². The summed E-state index contributed by atoms with van der Waals surface area (Å²) in [5, 5.41) is 3.27. The number of hydrogen-bond acceptors (Lipinski definition) is 4. The minimum Gasteiger partial charge on any atom is -0.468 e. The Morgan fingerprint density at radius 1 is 1.53 bits per heavy atom. The third-order valence-electron chi connectivity index (χ3n) is 3.37. The van der Waals surface area contributed by atoms with Gasteiger partial charge in [0.1, 0.15) is 4.83 Å². The second-order valence-corrected chi connectivity index (χ2v) is 5.72. The van der Waals surface area contributed by atoms with Crippen LogP contribution >= 0.6 is 15.9 Å². The number of ether oxygens (including phenoxy) is 1. The molecule has 17 heavy (non-hydrogen) atoms. The Hall–Kier alpha value is -0.130. The molecule has 0 aromatic carbocycles. The van der Waals surface area contributed by atoms with E-state index in [9.17, 15) is 4.79 Å². The zero-order valence-electron chi connectivity index (χ0n) is 10.7. The van der Waals surface area contributed by atoms with Crippen molar-refractivity contribution in [1.82, 2.24) is 10.2 Å². The number of rotatable bonds is 7. The second-order valence-electron chi connectivity index (χ2n) is 4.61. The fraction of sp³-hybridized carbons (Fsp3) is 0.917. The molecule has 0 bridgehead atoms. The van der Waals surface area contributed by atoms with Crippen molar-refractivity contribution in [2.45, 2.75) is 36.6 Å². The summed E-state index contributed by atoms with van der Waals surface area (Å²) in [7, 11) is 3.59. The third kappa shape index (κ3) is 5.36. The molecule has 0 radical (unpaired) electrons. The maximum atomic E-state index is 11.1. The van der Waals surface area contributed by atoms with Gasteiger partial charge in [-0.25, -0.2) is 0 Å². The van der Waals surface area contributed by atoms with Crippen LogP contribution in [-0.4, -0.2) is 55.5 Å². The average Bonchev–Trinajstić information content (AvgIpc) is 2.86. The minimum atomic E-state index is -0.246. The van der Waals surface area contributed by atoms with Gasteiger partial charge in [-0.3, -0.25) is 4.79 Å². The predicted molar refractivity (Wildman–Crippen MR) is 72.5 cm³/mol. The lowest BCUT2D eigenvalue weighted by molar-refractivity contribution is -0.139. The van der Waals surface area contributed by atoms with Gasteiger partial charge in [-0.1, -0.05) is 28.8 Å². The van der Waals surface area contributed by atoms with Crippen LogP contribution in [0.2, 0.25) is 0 Å². The molecule has 1 aliphatic carbocycles. The van der Waals surface area contributed by atoms with Crippen LogP contribution in [0.4, 0.5) is 0 Å². The molecule has 0 aromatic heterocycles. The molecule has 1 aliphatic rings. The average molecular weight is 307 g/mol. The van der Waals surface area contributed by atoms with E-state index >= 15 is 0 Å². The van der Waals surface area contributed by atoms with E-state index in [1.54, 1.807) is 0 Å². The predicted octanol–water partition coefficient (Wildman–Crippen LogP) is 1.39. The normalized spacial score (nSPS) is 18.6. The number of halogens is 1. The summed E-state index contributed by atoms with van der Waals surface area (Å²) in [5.74, 6) is -0.221. The first-order valence-electron chi connectivity index (χ1n) is 6.28. The zero-order valence-corrected chi connectivity index (χ0v) is 12.3. The Kier molecular flexibility index (Phi) is 7.08. The molecular formula is C12H23BrN2O2. The van der Waals surface area contributed by atoms with Gasteiger partial charge in [-0.05, 0) is 19.9 Å². The number of likely N-dealkylation sites (N-methyl/N-ethyl adjacent to an activating group) is 1. The van der Waals surface area contributed by atoms with E-state index in [2.05, 4.69) is 37.9 Å². The number of carbonyl (C=O) groups excluding carboxylic acids is 1. The molecule has 5 heteroatoms. The van der Waals surface area contributed by atoms with Crippen molar-refractivity contribution in [3.63, 3.8) is 0 Å². The number of methoxy groups -OCH3 is 1. The molecule has 0 saturated heterocycles. The molecule has 0 heterocycles. The lowest BCUT2D eigenvalue weighted by Gasteiger charge is -2.24. The fourth-order valence-electron chi connectivity index (χ4n) is 2.22. The number of nitrogens with one attached hydrogen (secondary N) is 1. The van der Waals surface area contributed by atoms with E-state index in [0.29, 0.717) is 6.54 Å². The monoisotopic (exact) mass is 306 g/mol. The largest absolute Gasteiger partial charge is 0.468 e. The van der Waals surface area contributed by atoms with Crippen LogP contribution in [0.1, 0.15) is 25.7 Å². The highest BCUT2D eigenvalue weighted by molar-refractivity contribution is 9.10. The van der Waals surface area contributed by atoms with Crippen molar-refractivity contribution in [2.75, 3.05) is 33.8 Å². The number of nitrogens with zero attached hydrogens (tertiary/aromatic N) is 1. The molecule has 0 spiro atoms. The summed E-state index contributed by atoms with van der Waals surface area (Å²) >= 11 is 3.29. The van der Waals surface area contributed by atoms with Gasteiger partial charge in [-0.15, -0.1) is 0 Å². The van der Waals surface area contributed by atoms with Crippen molar-refractivity contribution in [1.29, 1.82) is 0 Å². The van der Waals surface area contributed by atoms with Gasteiger partial charge >= 0.3 is 5.97 Å². The fourth-order valence-corrected chi connectivity index (χ4v) is 2.64. The van der Waals surface area contributed by atoms with E-state index in [0.717, 1.165) is 19.1 Å². The molecular weight excluding hydrogens is 284 g/mol. The Bertz CT molecular complexity index is 233. The minimum absolute atomic E-state index is 0.221. The Labute approximate surface area is 112 Å². The Morgan fingerprint density at radius 3 is 2.76 bits per heavy atom. The molecule has 100 valence electrons. The van der Waals surface area contributed by atoms with Crippen LogP contribution in [0.15, 0.2) is 0 Å². The van der Waals surface area contributed by atoms with Gasteiger partial charge in [0.25, 0.3) is 0 Å². The quantitative estimate of drug-likeness (QED) is 0.438. The molecule has 1 unspecified atom stereocenters. The standard InChI is InChI=1S/C12H23BrN2O2/c1-15(10-5-3-4-6-10)8-7-14-9-11(13)12(16)17-2/h10-11,14H,3-9H2,1-2H3. The van der Waals surface area contributed by atoms with E-state index in [1.807, 2.05) is 0 Å². The molecule has 1 saturated carbocycles. The number of hydrogen-bond donors (Lipinski definition) is 1. The topological polar surface area (TPSA) is 41.6 Å². The van der Waals surface area contributed by atoms with E-state index < -0.39 is 0 Å². The van der Waals surface area contributed by atoms with Crippen LogP contribution in [0.25, 0.3) is 0 Å². The summed E-state index contributed by atoms with van der Waals surface area (Å²) in [4.78, 5) is 13.3. The van der Waals surface area contributed by atoms with Gasteiger partial charge in [-0.2, -0.15) is 0 Å². The van der Waals surface area contributed by atoms with Gasteiger partial charge in [0, 0.05) is 25.7 Å². The highest BCUT2D eigenvalue weighted by Gasteiger charge is 2.19. The van der Waals surface area contributed by atoms with Gasteiger partial charge in [0.15, 0.2) is 0 Å². The first-order valence-corrected chi connectivity index (χ1v) is 7.19. The van der Waals surface area contributed by atoms with Crippen molar-refractivity contribution in [3.05, 3.63) is 0 Å². The molecule has 1 atom stereocenters. The summed E-state index contributed by atoms with van der Waals surface area (Å²) < 4.78 is 4.64. The van der Waals surface area contributed by atoms with E-state index in [-0.39, 0.29) is 10.8 Å². The first kappa shape index (κ1) is 14.9. The zero-order chi connectivity index (χ0) is 12.7. The first-order chi connectivity index (χ1) is 8.15. The molecule has 0 amide bonds. The summed E-state index contributed by atoms with van der Waals surface area (Å²) in [6.45, 7) is 2.56. The molecule has 4 nitrogen and oxygen atoms in total. The molecule has 0 aromatic rings. The van der Waals surface area contributed by atoms with Gasteiger partial charge in [0.2, 0.25) is 0 Å². The molecule has 1 rings (SSSR count). The lowest BCUT2D eigenvalue weighted by Crippen LogP contribution is -2.38. The molecule has 1 fully saturated rings. The Morgan fingerprint density at radius 2 is 2.18 bits per heavy atom. The van der Waals surface area contributed by atoms with Crippen molar-refractivity contribution in [2.24, 2.45) is 0 Å². The Balaban J connectivity index is 2.05. The number of esters is 1. The second kappa shape index (κ2) is 8.06. The van der Waals surface area contributed by atoms with E-state index in [1.165, 1.54) is 32.8 Å². The third-order valence-corrected chi connectivity index (χ3v) is 4.07. The van der Waals surface area contributed by atoms with Crippen molar-refractivity contribution < 1.29 is 9.53 Å². The maximum Gasteiger partial charge on any atom is 0.320 e. The van der Waals surface area contributed by atoms with Crippen LogP contribution in [0.5, 0.6) is 0 Å². The van der Waals surface area contributed by atoms with Crippen LogP contribution in [-0.2, 0) is 9.53 Å². The SMILES string of the molecule is COC(=O)C(Br)CNCCN(C)C1CCCC1. The summed E-state index contributed by atoms with van der Waals surface area (Å²) in [6, 6.07) is 0.761. The summed E-state index contributed by atoms with van der Waals surface area (Å²) in [5.41, 5.74) is 0. The number of alkyl halides is 1. The van der Waals surface area contributed by atoms with Crippen LogP contribution in [0.3, 0.4) is 0 Å². The number of carbonyl (C=O) groups is 1. The molecule has 1 N–H and O–H groups in total.